The predicted octanol–water partition coefficient (Wildman–Crippen LogP) is 3.04. The highest BCUT2D eigenvalue weighted by atomic mass is 32.2. The third-order valence-electron chi connectivity index (χ3n) is 2.47. The van der Waals surface area contributed by atoms with Gasteiger partial charge in [0.05, 0.1) is 0 Å². The van der Waals surface area contributed by atoms with Crippen molar-refractivity contribution in [2.24, 2.45) is 0 Å². The van der Waals surface area contributed by atoms with E-state index in [9.17, 15) is 0 Å². The lowest BCUT2D eigenvalue weighted by molar-refractivity contribution is 0.876. The molecule has 1 aromatic heterocycles. The van der Waals surface area contributed by atoms with Crippen molar-refractivity contribution < 1.29 is 0 Å². The lowest BCUT2D eigenvalue weighted by atomic mass is 10.3. The molecule has 3 nitrogen and oxygen atoms in total. The van der Waals surface area contributed by atoms with Crippen LogP contribution in [0.4, 0.5) is 5.95 Å². The standard InChI is InChI=1S/C13H17N3S/c1-11(10-17-2)15-13-14-8-9-16(13)12-6-4-3-5-7-12/h3-9,11H,10H2,1-2H3,(H,14,15). The van der Waals surface area contributed by atoms with Gasteiger partial charge in [-0.2, -0.15) is 11.8 Å². The van der Waals surface area contributed by atoms with Gasteiger partial charge in [-0.1, -0.05) is 18.2 Å². The van der Waals surface area contributed by atoms with E-state index < -0.39 is 0 Å². The van der Waals surface area contributed by atoms with E-state index in [0.717, 1.165) is 17.4 Å². The van der Waals surface area contributed by atoms with E-state index in [4.69, 9.17) is 0 Å². The largest absolute Gasteiger partial charge is 0.352 e. The van der Waals surface area contributed by atoms with Crippen molar-refractivity contribution in [1.82, 2.24) is 9.55 Å². The quantitative estimate of drug-likeness (QED) is 0.880. The van der Waals surface area contributed by atoms with Gasteiger partial charge in [-0.05, 0) is 25.3 Å². The van der Waals surface area contributed by atoms with Crippen molar-refractivity contribution >= 4 is 17.7 Å². The fourth-order valence-corrected chi connectivity index (χ4v) is 2.30. The maximum absolute atomic E-state index is 4.36. The first kappa shape index (κ1) is 12.0. The molecule has 0 radical (unpaired) electrons. The van der Waals surface area contributed by atoms with Crippen molar-refractivity contribution in [3.63, 3.8) is 0 Å². The van der Waals surface area contributed by atoms with Gasteiger partial charge in [0.2, 0.25) is 5.95 Å². The van der Waals surface area contributed by atoms with Crippen molar-refractivity contribution in [2.75, 3.05) is 17.3 Å². The lowest BCUT2D eigenvalue weighted by Crippen LogP contribution is -2.20. The van der Waals surface area contributed by atoms with Gasteiger partial charge in [-0.25, -0.2) is 4.98 Å². The van der Waals surface area contributed by atoms with Crippen molar-refractivity contribution in [3.8, 4) is 5.69 Å². The maximum atomic E-state index is 4.36. The molecule has 1 aromatic carbocycles. The summed E-state index contributed by atoms with van der Waals surface area (Å²) in [6, 6.07) is 10.6. The highest BCUT2D eigenvalue weighted by Gasteiger charge is 2.07. The van der Waals surface area contributed by atoms with E-state index >= 15 is 0 Å². The molecule has 90 valence electrons. The van der Waals surface area contributed by atoms with Crippen LogP contribution in [0, 0.1) is 0 Å². The van der Waals surface area contributed by atoms with Crippen LogP contribution in [0.1, 0.15) is 6.92 Å². The number of benzene rings is 1. The maximum Gasteiger partial charge on any atom is 0.207 e. The van der Waals surface area contributed by atoms with E-state index in [2.05, 4.69) is 40.2 Å². The molecule has 1 heterocycles. The molecule has 0 fully saturated rings. The number of anilines is 1. The molecule has 4 heteroatoms. The molecule has 0 amide bonds. The molecule has 0 aliphatic carbocycles. The second-order valence-electron chi connectivity index (χ2n) is 3.96. The topological polar surface area (TPSA) is 29.9 Å². The summed E-state index contributed by atoms with van der Waals surface area (Å²) in [5.74, 6) is 1.97. The van der Waals surface area contributed by atoms with Gasteiger partial charge in [0, 0.05) is 29.9 Å². The van der Waals surface area contributed by atoms with Crippen LogP contribution < -0.4 is 5.32 Å². The van der Waals surface area contributed by atoms with Crippen molar-refractivity contribution in [2.45, 2.75) is 13.0 Å². The Morgan fingerprint density at radius 2 is 2.12 bits per heavy atom. The molecular formula is C13H17N3S. The van der Waals surface area contributed by atoms with Crippen LogP contribution in [-0.4, -0.2) is 27.6 Å². The molecule has 1 unspecified atom stereocenters. The van der Waals surface area contributed by atoms with Crippen LogP contribution in [-0.2, 0) is 0 Å². The molecule has 17 heavy (non-hydrogen) atoms. The second-order valence-corrected chi connectivity index (χ2v) is 4.87. The summed E-state index contributed by atoms with van der Waals surface area (Å²) in [5, 5.41) is 3.42. The summed E-state index contributed by atoms with van der Waals surface area (Å²) in [5.41, 5.74) is 1.13. The molecule has 0 saturated heterocycles. The zero-order valence-corrected chi connectivity index (χ0v) is 10.9. The summed E-state index contributed by atoms with van der Waals surface area (Å²) in [4.78, 5) is 4.36. The number of thioether (sulfide) groups is 1. The number of rotatable bonds is 5. The SMILES string of the molecule is CSCC(C)Nc1nccn1-c1ccccc1. The highest BCUT2D eigenvalue weighted by molar-refractivity contribution is 7.98. The Balaban J connectivity index is 2.18. The Hall–Kier alpha value is -1.42. The number of aromatic nitrogens is 2. The Labute approximate surface area is 106 Å². The van der Waals surface area contributed by atoms with Crippen LogP contribution in [0.2, 0.25) is 0 Å². The average Bonchev–Trinajstić information content (AvgIpc) is 2.78. The number of nitrogens with one attached hydrogen (secondary N) is 1. The Bertz CT molecular complexity index is 453. The van der Waals surface area contributed by atoms with Gasteiger partial charge in [-0.15, -0.1) is 0 Å². The normalized spacial score (nSPS) is 12.4. The van der Waals surface area contributed by atoms with Gasteiger partial charge >= 0.3 is 0 Å². The number of imidazole rings is 1. The smallest absolute Gasteiger partial charge is 0.207 e. The molecule has 0 saturated carbocycles. The van der Waals surface area contributed by atoms with Gasteiger partial charge in [0.25, 0.3) is 0 Å². The highest BCUT2D eigenvalue weighted by Crippen LogP contribution is 2.15. The van der Waals surface area contributed by atoms with E-state index in [-0.39, 0.29) is 0 Å². The first-order valence-corrected chi connectivity index (χ1v) is 7.05. The number of para-hydroxylation sites is 1. The molecule has 1 N–H and O–H groups in total. The number of nitrogens with zero attached hydrogens (tertiary/aromatic N) is 2. The van der Waals surface area contributed by atoms with Gasteiger partial charge in [0.15, 0.2) is 0 Å². The summed E-state index contributed by atoms with van der Waals surface area (Å²) in [7, 11) is 0. The molecule has 0 bridgehead atoms. The first-order valence-electron chi connectivity index (χ1n) is 5.65. The number of hydrogen-bond donors (Lipinski definition) is 1. The minimum absolute atomic E-state index is 0.412. The van der Waals surface area contributed by atoms with Crippen LogP contribution >= 0.6 is 11.8 Å². The van der Waals surface area contributed by atoms with Gasteiger partial charge < -0.3 is 5.32 Å². The lowest BCUT2D eigenvalue weighted by Gasteiger charge is -2.14. The molecule has 0 aliphatic rings. The van der Waals surface area contributed by atoms with Gasteiger partial charge in [-0.3, -0.25) is 4.57 Å². The molecule has 0 aliphatic heterocycles. The molecule has 2 aromatic rings. The van der Waals surface area contributed by atoms with E-state index in [1.165, 1.54) is 0 Å². The summed E-state index contributed by atoms with van der Waals surface area (Å²) >= 11 is 1.83. The van der Waals surface area contributed by atoms with Crippen LogP contribution in [0.5, 0.6) is 0 Å². The van der Waals surface area contributed by atoms with Crippen LogP contribution in [0.15, 0.2) is 42.7 Å². The van der Waals surface area contributed by atoms with Crippen LogP contribution in [0.25, 0.3) is 5.69 Å². The fraction of sp³-hybridized carbons (Fsp3) is 0.308. The Morgan fingerprint density at radius 3 is 2.82 bits per heavy atom. The van der Waals surface area contributed by atoms with E-state index in [1.54, 1.807) is 0 Å². The molecule has 2 rings (SSSR count). The predicted molar refractivity (Wildman–Crippen MR) is 75.0 cm³/mol. The first-order chi connectivity index (χ1) is 8.31. The minimum Gasteiger partial charge on any atom is -0.352 e. The van der Waals surface area contributed by atoms with E-state index in [1.807, 2.05) is 42.4 Å². The van der Waals surface area contributed by atoms with Crippen LogP contribution in [0.3, 0.4) is 0 Å². The monoisotopic (exact) mass is 247 g/mol. The van der Waals surface area contributed by atoms with Crippen molar-refractivity contribution in [3.05, 3.63) is 42.7 Å². The Morgan fingerprint density at radius 1 is 1.35 bits per heavy atom. The molecule has 1 atom stereocenters. The zero-order valence-electron chi connectivity index (χ0n) is 10.1. The summed E-state index contributed by atoms with van der Waals surface area (Å²) in [6.07, 6.45) is 5.91. The van der Waals surface area contributed by atoms with Gasteiger partial charge in [0.1, 0.15) is 0 Å². The summed E-state index contributed by atoms with van der Waals surface area (Å²) in [6.45, 7) is 2.17. The Kier molecular flexibility index (Phi) is 4.09. The third kappa shape index (κ3) is 3.03. The molecular weight excluding hydrogens is 230 g/mol. The molecule has 0 spiro atoms. The third-order valence-corrected chi connectivity index (χ3v) is 3.30. The van der Waals surface area contributed by atoms with E-state index in [0.29, 0.717) is 6.04 Å². The average molecular weight is 247 g/mol. The number of hydrogen-bond acceptors (Lipinski definition) is 3. The minimum atomic E-state index is 0.412. The summed E-state index contributed by atoms with van der Waals surface area (Å²) < 4.78 is 2.07. The second kappa shape index (κ2) is 5.77. The van der Waals surface area contributed by atoms with Crippen molar-refractivity contribution in [1.29, 1.82) is 0 Å². The zero-order chi connectivity index (χ0) is 12.1. The fourth-order valence-electron chi connectivity index (χ4n) is 1.72.